The Bertz CT molecular complexity index is 1800. The van der Waals surface area contributed by atoms with E-state index in [4.69, 9.17) is 4.74 Å². The summed E-state index contributed by atoms with van der Waals surface area (Å²) in [4.78, 5) is 49.2. The van der Waals surface area contributed by atoms with Gasteiger partial charge in [0.25, 0.3) is 11.8 Å². The first-order chi connectivity index (χ1) is 22.3. The van der Waals surface area contributed by atoms with Gasteiger partial charge in [0.1, 0.15) is 17.8 Å². The van der Waals surface area contributed by atoms with Gasteiger partial charge < -0.3 is 25.2 Å². The molecule has 0 unspecified atom stereocenters. The van der Waals surface area contributed by atoms with Crippen LogP contribution in [0, 0.1) is 5.92 Å². The van der Waals surface area contributed by atoms with Crippen molar-refractivity contribution in [1.82, 2.24) is 25.0 Å². The van der Waals surface area contributed by atoms with E-state index < -0.39 is 53.3 Å². The van der Waals surface area contributed by atoms with Crippen LogP contribution in [0.15, 0.2) is 48.5 Å². The molecule has 4 aliphatic heterocycles. The van der Waals surface area contributed by atoms with Crippen molar-refractivity contribution in [3.05, 3.63) is 70.9 Å². The van der Waals surface area contributed by atoms with Crippen LogP contribution < -0.4 is 5.32 Å². The number of piperidine rings is 1. The van der Waals surface area contributed by atoms with Crippen LogP contribution in [0.1, 0.15) is 54.5 Å². The average molecular weight is 652 g/mol. The van der Waals surface area contributed by atoms with E-state index in [1.165, 1.54) is 6.92 Å². The van der Waals surface area contributed by atoms with Crippen molar-refractivity contribution in [2.75, 3.05) is 20.1 Å². The number of halogens is 3. The lowest BCUT2D eigenvalue weighted by Crippen LogP contribution is -2.71. The third-order valence-corrected chi connectivity index (χ3v) is 11.0. The molecule has 7 atom stereocenters. The van der Waals surface area contributed by atoms with Crippen LogP contribution in [-0.4, -0.2) is 92.4 Å². The molecule has 47 heavy (non-hydrogen) atoms. The Morgan fingerprint density at radius 1 is 1.15 bits per heavy atom. The lowest BCUT2D eigenvalue weighted by atomic mass is 9.72. The Morgan fingerprint density at radius 3 is 2.66 bits per heavy atom. The van der Waals surface area contributed by atoms with Crippen molar-refractivity contribution in [2.45, 2.75) is 80.9 Å². The lowest BCUT2D eigenvalue weighted by Gasteiger charge is -2.48. The van der Waals surface area contributed by atoms with Crippen LogP contribution in [-0.2, 0) is 38.1 Å². The maximum Gasteiger partial charge on any atom is 0.431 e. The Hall–Kier alpha value is -3.94. The molecule has 13 heteroatoms. The zero-order chi connectivity index (χ0) is 33.0. The minimum atomic E-state index is -4.52. The Morgan fingerprint density at radius 2 is 1.91 bits per heavy atom. The van der Waals surface area contributed by atoms with Gasteiger partial charge in [-0.05, 0) is 62.4 Å². The van der Waals surface area contributed by atoms with Gasteiger partial charge in [-0.3, -0.25) is 24.0 Å². The van der Waals surface area contributed by atoms with Crippen molar-refractivity contribution < 1.29 is 37.4 Å². The van der Waals surface area contributed by atoms with Crippen molar-refractivity contribution in [1.29, 1.82) is 0 Å². The van der Waals surface area contributed by atoms with Crippen LogP contribution >= 0.6 is 0 Å². The van der Waals surface area contributed by atoms with Crippen molar-refractivity contribution >= 4 is 28.6 Å². The summed E-state index contributed by atoms with van der Waals surface area (Å²) in [5.41, 5.74) is -0.430. The number of nitrogens with zero attached hydrogens (tertiary/aromatic N) is 3. The molecule has 1 aromatic heterocycles. The first kappa shape index (κ1) is 30.4. The number of alkyl halides is 3. The van der Waals surface area contributed by atoms with Gasteiger partial charge in [0.15, 0.2) is 0 Å². The highest BCUT2D eigenvalue weighted by Crippen LogP contribution is 2.49. The number of nitrogens with one attached hydrogen (secondary N) is 2. The number of H-pyrrole nitrogens is 1. The number of likely N-dealkylation sites (N-methyl/N-ethyl adjacent to an activating group) is 1. The molecule has 5 heterocycles. The summed E-state index contributed by atoms with van der Waals surface area (Å²) in [5.74, 6) is -4.40. The molecular formula is C34H36F3N5O5. The number of carbonyl (C=O) groups excluding carboxylic acids is 3. The fraction of sp³-hybridized carbons (Fsp3) is 0.500. The zero-order valence-corrected chi connectivity index (χ0v) is 26.0. The monoisotopic (exact) mass is 651 g/mol. The molecule has 8 rings (SSSR count). The molecule has 4 saturated heterocycles. The Balaban J connectivity index is 1.08. The van der Waals surface area contributed by atoms with E-state index in [9.17, 15) is 32.7 Å². The second-order valence-electron chi connectivity index (χ2n) is 13.8. The van der Waals surface area contributed by atoms with E-state index in [1.54, 1.807) is 24.1 Å². The molecule has 4 fully saturated rings. The Labute approximate surface area is 268 Å². The summed E-state index contributed by atoms with van der Waals surface area (Å²) in [6, 6.07) is 12.4. The molecule has 10 nitrogen and oxygen atoms in total. The molecule has 3 N–H and O–H groups in total. The second kappa shape index (κ2) is 10.3. The number of hydrogen-bond donors (Lipinski definition) is 3. The number of aromatic amines is 1. The molecule has 248 valence electrons. The third-order valence-electron chi connectivity index (χ3n) is 11.0. The van der Waals surface area contributed by atoms with Crippen LogP contribution in [0.4, 0.5) is 13.2 Å². The first-order valence-corrected chi connectivity index (χ1v) is 16.1. The number of benzene rings is 2. The van der Waals surface area contributed by atoms with E-state index in [0.29, 0.717) is 36.7 Å². The predicted octanol–water partition coefficient (Wildman–Crippen LogP) is 3.10. The van der Waals surface area contributed by atoms with Gasteiger partial charge in [0.05, 0.1) is 5.92 Å². The number of piperazine rings is 1. The van der Waals surface area contributed by atoms with Gasteiger partial charge in [-0.2, -0.15) is 13.2 Å². The molecule has 2 aromatic carbocycles. The number of amides is 3. The number of aromatic nitrogens is 1. The number of hydrogen-bond acceptors (Lipinski definition) is 6. The standard InChI is InChI=1S/C34H36F3N5O5/c1-32(31(45)42-25(14-18-8-4-3-5-9-18)30(44)41-13-7-12-26(41)34(42,46)47-32)39-29(43)19-15-21-20-10-6-11-23-27(20)22(16-24(21)40(2)17-19)28(38-23)33(35,36)37/h3-6,8-11,19,21,24-26,38,46H,7,12-17H2,1-2H3,(H,39,43)/t19-,21-,24-,25+,26+,32-,34+/m1/s1. The van der Waals surface area contributed by atoms with E-state index >= 15 is 0 Å². The third kappa shape index (κ3) is 4.46. The highest BCUT2D eigenvalue weighted by atomic mass is 19.4. The van der Waals surface area contributed by atoms with Crippen LogP contribution in [0.3, 0.4) is 0 Å². The molecule has 0 spiro atoms. The summed E-state index contributed by atoms with van der Waals surface area (Å²) < 4.78 is 48.1. The maximum absolute atomic E-state index is 14.2. The predicted molar refractivity (Wildman–Crippen MR) is 162 cm³/mol. The van der Waals surface area contributed by atoms with Crippen LogP contribution in [0.25, 0.3) is 10.9 Å². The molecule has 0 radical (unpaired) electrons. The molecule has 0 saturated carbocycles. The fourth-order valence-corrected chi connectivity index (χ4v) is 8.98. The minimum Gasteiger partial charge on any atom is -0.351 e. The quantitative estimate of drug-likeness (QED) is 0.399. The molecule has 3 amide bonds. The highest BCUT2D eigenvalue weighted by molar-refractivity contribution is 5.97. The largest absolute Gasteiger partial charge is 0.431 e. The molecule has 5 aliphatic rings. The Kier molecular flexibility index (Phi) is 6.65. The molecule has 3 aromatic rings. The number of aliphatic hydroxyl groups is 1. The number of rotatable bonds is 4. The number of carbonyl (C=O) groups is 3. The van der Waals surface area contributed by atoms with Crippen LogP contribution in [0.2, 0.25) is 0 Å². The van der Waals surface area contributed by atoms with Crippen molar-refractivity contribution in [3.63, 3.8) is 0 Å². The summed E-state index contributed by atoms with van der Waals surface area (Å²) in [5, 5.41) is 15.4. The number of fused-ring (bicyclic) bond motifs is 5. The summed E-state index contributed by atoms with van der Waals surface area (Å²) in [6.45, 7) is 2.10. The van der Waals surface area contributed by atoms with Gasteiger partial charge in [0.2, 0.25) is 17.5 Å². The van der Waals surface area contributed by atoms with E-state index in [-0.39, 0.29) is 42.8 Å². The maximum atomic E-state index is 14.2. The van der Waals surface area contributed by atoms with E-state index in [2.05, 4.69) is 10.3 Å². The van der Waals surface area contributed by atoms with Gasteiger partial charge in [-0.25, -0.2) is 0 Å². The zero-order valence-electron chi connectivity index (χ0n) is 26.0. The smallest absolute Gasteiger partial charge is 0.351 e. The van der Waals surface area contributed by atoms with E-state index in [1.807, 2.05) is 41.3 Å². The average Bonchev–Trinajstić information content (AvgIpc) is 3.72. The van der Waals surface area contributed by atoms with E-state index in [0.717, 1.165) is 16.0 Å². The second-order valence-corrected chi connectivity index (χ2v) is 13.8. The SMILES string of the molecule is CN1C[C@H](C(=O)N[C@]2(C)O[C@@]3(O)[C@@H]4CCCN4C(=O)[C@H](Cc4ccccc4)N3C2=O)C[C@@H]2c3cccc4[nH]c(C(F)(F)F)c(c34)C[C@H]21. The topological polar surface area (TPSA) is 118 Å². The summed E-state index contributed by atoms with van der Waals surface area (Å²) in [7, 11) is 1.80. The minimum absolute atomic E-state index is 0.170. The molecule has 1 aliphatic carbocycles. The van der Waals surface area contributed by atoms with Crippen molar-refractivity contribution in [2.24, 2.45) is 5.92 Å². The first-order valence-electron chi connectivity index (χ1n) is 16.1. The summed E-state index contributed by atoms with van der Waals surface area (Å²) in [6.07, 6.45) is -2.72. The van der Waals surface area contributed by atoms with Crippen LogP contribution in [0.5, 0.6) is 0 Å². The molecular weight excluding hydrogens is 615 g/mol. The number of likely N-dealkylation sites (tertiary alicyclic amines) is 1. The normalized spacial score (nSPS) is 33.6. The summed E-state index contributed by atoms with van der Waals surface area (Å²) >= 11 is 0. The van der Waals surface area contributed by atoms with Gasteiger partial charge >= 0.3 is 6.18 Å². The molecule has 0 bridgehead atoms. The fourth-order valence-electron chi connectivity index (χ4n) is 8.98. The van der Waals surface area contributed by atoms with Gasteiger partial charge in [-0.15, -0.1) is 0 Å². The van der Waals surface area contributed by atoms with Crippen molar-refractivity contribution in [3.8, 4) is 0 Å². The number of ether oxygens (including phenoxy) is 1. The lowest BCUT2D eigenvalue weighted by molar-refractivity contribution is -0.315. The highest BCUT2D eigenvalue weighted by Gasteiger charge is 2.70. The van der Waals surface area contributed by atoms with Gasteiger partial charge in [0, 0.05) is 42.4 Å². The van der Waals surface area contributed by atoms with Gasteiger partial charge in [-0.1, -0.05) is 42.5 Å².